The van der Waals surface area contributed by atoms with E-state index in [-0.39, 0.29) is 10.8 Å². The normalized spacial score (nSPS) is 12.4. The lowest BCUT2D eigenvalue weighted by molar-refractivity contribution is 0.586. The van der Waals surface area contributed by atoms with Crippen molar-refractivity contribution in [2.75, 3.05) is 5.33 Å². The van der Waals surface area contributed by atoms with Crippen LogP contribution in [-0.2, 0) is 12.8 Å². The van der Waals surface area contributed by atoms with Gasteiger partial charge in [-0.1, -0.05) is 57.9 Å². The fourth-order valence-electron chi connectivity index (χ4n) is 2.33. The number of aryl methyl sites for hydroxylation is 1. The first-order chi connectivity index (χ1) is 9.60. The number of hydrogen-bond acceptors (Lipinski definition) is 0. The van der Waals surface area contributed by atoms with E-state index in [9.17, 15) is 4.39 Å². The van der Waals surface area contributed by atoms with Crippen LogP contribution in [0.5, 0.6) is 0 Å². The van der Waals surface area contributed by atoms with Crippen LogP contribution in [-0.4, -0.2) is 5.33 Å². The van der Waals surface area contributed by atoms with Crippen molar-refractivity contribution in [3.63, 3.8) is 0 Å². The van der Waals surface area contributed by atoms with Crippen LogP contribution in [0.2, 0.25) is 5.02 Å². The maximum Gasteiger partial charge on any atom is 0.141 e. The number of hydrogen-bond donors (Lipinski definition) is 0. The SMILES string of the molecule is Cc1ccccc1CC(CBr)Cc1ccc(F)c(Cl)c1. The van der Waals surface area contributed by atoms with Gasteiger partial charge in [-0.05, 0) is 54.5 Å². The van der Waals surface area contributed by atoms with Crippen LogP contribution < -0.4 is 0 Å². The predicted molar refractivity (Wildman–Crippen MR) is 87.3 cm³/mol. The molecule has 2 rings (SSSR count). The van der Waals surface area contributed by atoms with Crippen molar-refractivity contribution in [1.29, 1.82) is 0 Å². The summed E-state index contributed by atoms with van der Waals surface area (Å²) in [6, 6.07) is 13.4. The fraction of sp³-hybridized carbons (Fsp3) is 0.294. The summed E-state index contributed by atoms with van der Waals surface area (Å²) < 4.78 is 13.2. The number of alkyl halides is 1. The molecule has 0 radical (unpaired) electrons. The topological polar surface area (TPSA) is 0 Å². The quantitative estimate of drug-likeness (QED) is 0.614. The Morgan fingerprint density at radius 3 is 2.55 bits per heavy atom. The third kappa shape index (κ3) is 4.07. The summed E-state index contributed by atoms with van der Waals surface area (Å²) in [6.07, 6.45) is 1.90. The molecule has 0 amide bonds. The van der Waals surface area contributed by atoms with Crippen LogP contribution in [0.4, 0.5) is 4.39 Å². The second-order valence-corrected chi connectivity index (χ2v) is 6.16. The van der Waals surface area contributed by atoms with Gasteiger partial charge < -0.3 is 0 Å². The fourth-order valence-corrected chi connectivity index (χ4v) is 2.99. The maximum atomic E-state index is 13.2. The third-order valence-electron chi connectivity index (χ3n) is 3.50. The van der Waals surface area contributed by atoms with Crippen LogP contribution in [0.15, 0.2) is 42.5 Å². The summed E-state index contributed by atoms with van der Waals surface area (Å²) in [4.78, 5) is 0. The van der Waals surface area contributed by atoms with E-state index in [0.29, 0.717) is 5.92 Å². The highest BCUT2D eigenvalue weighted by Crippen LogP contribution is 2.22. The standard InChI is InChI=1S/C17H17BrClF/c1-12-4-2-3-5-15(12)9-14(11-18)8-13-6-7-17(20)16(19)10-13/h2-7,10,14H,8-9,11H2,1H3. The molecule has 0 aliphatic heterocycles. The first kappa shape index (κ1) is 15.5. The molecular formula is C17H17BrClF. The molecule has 1 atom stereocenters. The van der Waals surface area contributed by atoms with E-state index in [1.807, 2.05) is 6.07 Å². The lowest BCUT2D eigenvalue weighted by Crippen LogP contribution is -2.11. The van der Waals surface area contributed by atoms with E-state index in [4.69, 9.17) is 11.6 Å². The Bertz CT molecular complexity index is 583. The maximum absolute atomic E-state index is 13.2. The molecule has 0 saturated heterocycles. The zero-order valence-electron chi connectivity index (χ0n) is 11.4. The largest absolute Gasteiger partial charge is 0.205 e. The highest BCUT2D eigenvalue weighted by Gasteiger charge is 2.12. The Hall–Kier alpha value is -0.860. The molecule has 106 valence electrons. The van der Waals surface area contributed by atoms with Gasteiger partial charge >= 0.3 is 0 Å². The average Bonchev–Trinajstić information content (AvgIpc) is 2.44. The van der Waals surface area contributed by atoms with Crippen LogP contribution in [0.25, 0.3) is 0 Å². The highest BCUT2D eigenvalue weighted by atomic mass is 79.9. The van der Waals surface area contributed by atoms with E-state index in [0.717, 1.165) is 23.7 Å². The molecule has 0 fully saturated rings. The molecule has 0 N–H and O–H groups in total. The molecule has 1 unspecified atom stereocenters. The summed E-state index contributed by atoms with van der Waals surface area (Å²) in [5.74, 6) is 0.113. The van der Waals surface area contributed by atoms with Gasteiger partial charge in [0.25, 0.3) is 0 Å². The van der Waals surface area contributed by atoms with Gasteiger partial charge in [0, 0.05) is 5.33 Å². The van der Waals surface area contributed by atoms with Crippen molar-refractivity contribution < 1.29 is 4.39 Å². The van der Waals surface area contributed by atoms with Gasteiger partial charge in [0.15, 0.2) is 0 Å². The molecule has 20 heavy (non-hydrogen) atoms. The van der Waals surface area contributed by atoms with Crippen molar-refractivity contribution in [2.45, 2.75) is 19.8 Å². The Labute approximate surface area is 133 Å². The monoisotopic (exact) mass is 354 g/mol. The van der Waals surface area contributed by atoms with Gasteiger partial charge in [-0.15, -0.1) is 0 Å². The molecule has 0 aromatic heterocycles. The lowest BCUT2D eigenvalue weighted by Gasteiger charge is -2.16. The minimum absolute atomic E-state index is 0.201. The Morgan fingerprint density at radius 2 is 1.90 bits per heavy atom. The summed E-state index contributed by atoms with van der Waals surface area (Å²) in [7, 11) is 0. The summed E-state index contributed by atoms with van der Waals surface area (Å²) in [5, 5.41) is 1.11. The average molecular weight is 356 g/mol. The molecule has 0 aliphatic rings. The second-order valence-electron chi connectivity index (χ2n) is 5.10. The third-order valence-corrected chi connectivity index (χ3v) is 4.70. The second kappa shape index (κ2) is 7.24. The van der Waals surface area contributed by atoms with Gasteiger partial charge in [0.1, 0.15) is 5.82 Å². The molecule has 2 aromatic rings. The van der Waals surface area contributed by atoms with Gasteiger partial charge in [0.05, 0.1) is 5.02 Å². The van der Waals surface area contributed by atoms with Gasteiger partial charge in [-0.25, -0.2) is 4.39 Å². The Balaban J connectivity index is 2.09. The van der Waals surface area contributed by atoms with E-state index in [1.165, 1.54) is 17.2 Å². The number of rotatable bonds is 5. The Kier molecular flexibility index (Phi) is 5.62. The van der Waals surface area contributed by atoms with Crippen molar-refractivity contribution in [3.8, 4) is 0 Å². The van der Waals surface area contributed by atoms with Crippen molar-refractivity contribution in [1.82, 2.24) is 0 Å². The zero-order valence-corrected chi connectivity index (χ0v) is 13.7. The molecule has 0 spiro atoms. The zero-order chi connectivity index (χ0) is 14.5. The number of halogens is 3. The van der Waals surface area contributed by atoms with Gasteiger partial charge in [-0.2, -0.15) is 0 Å². The van der Waals surface area contributed by atoms with E-state index in [1.54, 1.807) is 6.07 Å². The molecule has 3 heteroatoms. The predicted octanol–water partition coefficient (Wildman–Crippen LogP) is 5.58. The Morgan fingerprint density at radius 1 is 1.15 bits per heavy atom. The number of benzene rings is 2. The van der Waals surface area contributed by atoms with E-state index >= 15 is 0 Å². The smallest absolute Gasteiger partial charge is 0.141 e. The highest BCUT2D eigenvalue weighted by molar-refractivity contribution is 9.09. The van der Waals surface area contributed by atoms with Crippen LogP contribution >= 0.6 is 27.5 Å². The van der Waals surface area contributed by atoms with Crippen molar-refractivity contribution in [3.05, 3.63) is 70.0 Å². The van der Waals surface area contributed by atoms with Crippen LogP contribution in [0, 0.1) is 18.7 Å². The molecular weight excluding hydrogens is 339 g/mol. The molecule has 0 heterocycles. The molecule has 2 aromatic carbocycles. The summed E-state index contributed by atoms with van der Waals surface area (Å²) >= 11 is 9.42. The van der Waals surface area contributed by atoms with Crippen LogP contribution in [0.3, 0.4) is 0 Å². The first-order valence-electron chi connectivity index (χ1n) is 6.64. The van der Waals surface area contributed by atoms with Gasteiger partial charge in [0.2, 0.25) is 0 Å². The van der Waals surface area contributed by atoms with E-state index in [2.05, 4.69) is 47.1 Å². The first-order valence-corrected chi connectivity index (χ1v) is 8.14. The lowest BCUT2D eigenvalue weighted by atomic mass is 9.92. The van der Waals surface area contributed by atoms with Gasteiger partial charge in [-0.3, -0.25) is 0 Å². The van der Waals surface area contributed by atoms with Crippen molar-refractivity contribution >= 4 is 27.5 Å². The van der Waals surface area contributed by atoms with Crippen molar-refractivity contribution in [2.24, 2.45) is 5.92 Å². The minimum atomic E-state index is -0.357. The molecule has 0 aliphatic carbocycles. The summed E-state index contributed by atoms with van der Waals surface area (Å²) in [6.45, 7) is 2.13. The van der Waals surface area contributed by atoms with Crippen LogP contribution in [0.1, 0.15) is 16.7 Å². The minimum Gasteiger partial charge on any atom is -0.205 e. The molecule has 0 saturated carbocycles. The molecule has 0 nitrogen and oxygen atoms in total. The summed E-state index contributed by atoms with van der Waals surface area (Å²) in [5.41, 5.74) is 3.76. The molecule has 0 bridgehead atoms. The van der Waals surface area contributed by atoms with E-state index < -0.39 is 0 Å².